The standard InChI is InChI=1S/C19H17BrClN3O/c1-12-18(13-7-9-15(20)10-8-13)19(24(2)23-12)22-17(25)11-14-5-3-4-6-16(14)21/h3-10H,11H2,1-2H3,(H,22,25). The summed E-state index contributed by atoms with van der Waals surface area (Å²) in [5.41, 5.74) is 3.58. The molecule has 3 rings (SSSR count). The summed E-state index contributed by atoms with van der Waals surface area (Å²) in [4.78, 5) is 12.5. The Morgan fingerprint density at radius 1 is 1.20 bits per heavy atom. The van der Waals surface area contributed by atoms with Gasteiger partial charge in [0, 0.05) is 22.1 Å². The van der Waals surface area contributed by atoms with Crippen molar-refractivity contribution in [3.63, 3.8) is 0 Å². The quantitative estimate of drug-likeness (QED) is 0.648. The van der Waals surface area contributed by atoms with E-state index in [2.05, 4.69) is 26.3 Å². The van der Waals surface area contributed by atoms with E-state index in [-0.39, 0.29) is 12.3 Å². The Bertz CT molecular complexity index is 919. The molecule has 0 atom stereocenters. The van der Waals surface area contributed by atoms with Crippen molar-refractivity contribution in [3.8, 4) is 11.1 Å². The summed E-state index contributed by atoms with van der Waals surface area (Å²) in [6.45, 7) is 1.93. The van der Waals surface area contributed by atoms with E-state index in [9.17, 15) is 4.79 Å². The molecule has 0 bridgehead atoms. The van der Waals surface area contributed by atoms with Gasteiger partial charge in [-0.1, -0.05) is 57.9 Å². The van der Waals surface area contributed by atoms with Crippen LogP contribution in [0, 0.1) is 6.92 Å². The molecule has 1 N–H and O–H groups in total. The van der Waals surface area contributed by atoms with Gasteiger partial charge in [-0.05, 0) is 36.2 Å². The first-order valence-electron chi connectivity index (χ1n) is 7.78. The fourth-order valence-electron chi connectivity index (χ4n) is 2.75. The first-order chi connectivity index (χ1) is 12.0. The maximum atomic E-state index is 12.5. The van der Waals surface area contributed by atoms with E-state index < -0.39 is 0 Å². The van der Waals surface area contributed by atoms with E-state index in [0.29, 0.717) is 10.8 Å². The summed E-state index contributed by atoms with van der Waals surface area (Å²) in [5, 5.41) is 8.02. The number of carbonyl (C=O) groups excluding carboxylic acids is 1. The molecule has 0 aliphatic carbocycles. The van der Waals surface area contributed by atoms with Gasteiger partial charge in [-0.3, -0.25) is 9.48 Å². The Hall–Kier alpha value is -2.11. The summed E-state index contributed by atoms with van der Waals surface area (Å²) >= 11 is 9.59. The predicted molar refractivity (Wildman–Crippen MR) is 105 cm³/mol. The second kappa shape index (κ2) is 7.42. The monoisotopic (exact) mass is 417 g/mol. The lowest BCUT2D eigenvalue weighted by Gasteiger charge is -2.10. The fraction of sp³-hybridized carbons (Fsp3) is 0.158. The number of aryl methyl sites for hydroxylation is 2. The maximum Gasteiger partial charge on any atom is 0.230 e. The van der Waals surface area contributed by atoms with E-state index in [1.807, 2.05) is 56.4 Å². The van der Waals surface area contributed by atoms with Crippen molar-refractivity contribution >= 4 is 39.3 Å². The molecule has 0 saturated heterocycles. The van der Waals surface area contributed by atoms with Crippen molar-refractivity contribution in [2.45, 2.75) is 13.3 Å². The van der Waals surface area contributed by atoms with Gasteiger partial charge in [0.1, 0.15) is 5.82 Å². The Morgan fingerprint density at radius 3 is 2.56 bits per heavy atom. The number of nitrogens with zero attached hydrogens (tertiary/aromatic N) is 2. The van der Waals surface area contributed by atoms with Crippen LogP contribution in [0.2, 0.25) is 5.02 Å². The Labute approximate surface area is 159 Å². The Kier molecular flexibility index (Phi) is 5.25. The third-order valence-electron chi connectivity index (χ3n) is 3.92. The molecule has 3 aromatic rings. The molecule has 1 amide bonds. The summed E-state index contributed by atoms with van der Waals surface area (Å²) < 4.78 is 2.69. The maximum absolute atomic E-state index is 12.5. The topological polar surface area (TPSA) is 46.9 Å². The number of carbonyl (C=O) groups is 1. The smallest absolute Gasteiger partial charge is 0.230 e. The summed E-state index contributed by atoms with van der Waals surface area (Å²) in [7, 11) is 1.82. The van der Waals surface area contributed by atoms with Gasteiger partial charge in [-0.15, -0.1) is 0 Å². The van der Waals surface area contributed by atoms with Crippen molar-refractivity contribution in [2.24, 2.45) is 7.05 Å². The number of halogens is 2. The SMILES string of the molecule is Cc1nn(C)c(NC(=O)Cc2ccccc2Cl)c1-c1ccc(Br)cc1. The van der Waals surface area contributed by atoms with Gasteiger partial charge in [0.05, 0.1) is 12.1 Å². The molecule has 0 saturated carbocycles. The second-order valence-electron chi connectivity index (χ2n) is 5.76. The number of rotatable bonds is 4. The molecule has 0 radical (unpaired) electrons. The van der Waals surface area contributed by atoms with Crippen molar-refractivity contribution in [1.82, 2.24) is 9.78 Å². The highest BCUT2D eigenvalue weighted by molar-refractivity contribution is 9.10. The van der Waals surface area contributed by atoms with E-state index in [1.54, 1.807) is 10.7 Å². The zero-order chi connectivity index (χ0) is 18.0. The minimum Gasteiger partial charge on any atom is -0.310 e. The average Bonchev–Trinajstić information content (AvgIpc) is 2.84. The normalized spacial score (nSPS) is 10.7. The van der Waals surface area contributed by atoms with E-state index in [1.165, 1.54) is 0 Å². The zero-order valence-electron chi connectivity index (χ0n) is 13.9. The van der Waals surface area contributed by atoms with Gasteiger partial charge in [-0.25, -0.2) is 0 Å². The lowest BCUT2D eigenvalue weighted by Crippen LogP contribution is -2.17. The molecular formula is C19H17BrClN3O. The van der Waals surface area contributed by atoms with Crippen LogP contribution in [-0.4, -0.2) is 15.7 Å². The molecule has 0 aliphatic rings. The fourth-order valence-corrected chi connectivity index (χ4v) is 3.22. The van der Waals surface area contributed by atoms with Gasteiger partial charge in [0.15, 0.2) is 0 Å². The number of hydrogen-bond donors (Lipinski definition) is 1. The van der Waals surface area contributed by atoms with Crippen molar-refractivity contribution in [1.29, 1.82) is 0 Å². The third kappa shape index (κ3) is 3.94. The number of hydrogen-bond acceptors (Lipinski definition) is 2. The number of amides is 1. The lowest BCUT2D eigenvalue weighted by atomic mass is 10.1. The highest BCUT2D eigenvalue weighted by atomic mass is 79.9. The van der Waals surface area contributed by atoms with Crippen LogP contribution in [0.5, 0.6) is 0 Å². The first-order valence-corrected chi connectivity index (χ1v) is 8.95. The Balaban J connectivity index is 1.89. The number of anilines is 1. The summed E-state index contributed by atoms with van der Waals surface area (Å²) in [6, 6.07) is 15.3. The molecule has 1 aromatic heterocycles. The van der Waals surface area contributed by atoms with Crippen LogP contribution in [0.15, 0.2) is 53.0 Å². The van der Waals surface area contributed by atoms with Crippen LogP contribution in [-0.2, 0) is 18.3 Å². The minimum atomic E-state index is -0.130. The van der Waals surface area contributed by atoms with E-state index in [4.69, 9.17) is 11.6 Å². The van der Waals surface area contributed by atoms with Crippen molar-refractivity contribution in [3.05, 3.63) is 69.3 Å². The second-order valence-corrected chi connectivity index (χ2v) is 7.08. The first kappa shape index (κ1) is 17.7. The van der Waals surface area contributed by atoms with Crippen LogP contribution in [0.4, 0.5) is 5.82 Å². The number of benzene rings is 2. The Morgan fingerprint density at radius 2 is 1.88 bits per heavy atom. The summed E-state index contributed by atoms with van der Waals surface area (Å²) in [5.74, 6) is 0.548. The largest absolute Gasteiger partial charge is 0.310 e. The molecule has 0 aliphatic heterocycles. The molecule has 6 heteroatoms. The lowest BCUT2D eigenvalue weighted by molar-refractivity contribution is -0.115. The minimum absolute atomic E-state index is 0.130. The van der Waals surface area contributed by atoms with Crippen LogP contribution in [0.3, 0.4) is 0 Å². The van der Waals surface area contributed by atoms with E-state index >= 15 is 0 Å². The molecule has 25 heavy (non-hydrogen) atoms. The predicted octanol–water partition coefficient (Wildman–Crippen LogP) is 4.99. The van der Waals surface area contributed by atoms with Crippen LogP contribution >= 0.6 is 27.5 Å². The van der Waals surface area contributed by atoms with Crippen molar-refractivity contribution < 1.29 is 4.79 Å². The molecule has 0 unspecified atom stereocenters. The molecular weight excluding hydrogens is 402 g/mol. The van der Waals surface area contributed by atoms with Gasteiger partial charge in [0.25, 0.3) is 0 Å². The molecule has 0 spiro atoms. The summed E-state index contributed by atoms with van der Waals surface area (Å²) in [6.07, 6.45) is 0.212. The van der Waals surface area contributed by atoms with Gasteiger partial charge < -0.3 is 5.32 Å². The number of aromatic nitrogens is 2. The molecule has 128 valence electrons. The molecule has 1 heterocycles. The van der Waals surface area contributed by atoms with Gasteiger partial charge in [0.2, 0.25) is 5.91 Å². The highest BCUT2D eigenvalue weighted by Gasteiger charge is 2.18. The molecule has 0 fully saturated rings. The molecule has 2 aromatic carbocycles. The third-order valence-corrected chi connectivity index (χ3v) is 4.82. The average molecular weight is 419 g/mol. The number of nitrogens with one attached hydrogen (secondary N) is 1. The van der Waals surface area contributed by atoms with Gasteiger partial charge >= 0.3 is 0 Å². The van der Waals surface area contributed by atoms with Crippen LogP contribution < -0.4 is 5.32 Å². The van der Waals surface area contributed by atoms with E-state index in [0.717, 1.165) is 26.9 Å². The van der Waals surface area contributed by atoms with Crippen LogP contribution in [0.25, 0.3) is 11.1 Å². The van der Waals surface area contributed by atoms with Crippen molar-refractivity contribution in [2.75, 3.05) is 5.32 Å². The van der Waals surface area contributed by atoms with Gasteiger partial charge in [-0.2, -0.15) is 5.10 Å². The molecule has 4 nitrogen and oxygen atoms in total. The van der Waals surface area contributed by atoms with Crippen LogP contribution in [0.1, 0.15) is 11.3 Å². The zero-order valence-corrected chi connectivity index (χ0v) is 16.2. The highest BCUT2D eigenvalue weighted by Crippen LogP contribution is 2.32.